The highest BCUT2D eigenvalue weighted by molar-refractivity contribution is 5.73. The lowest BCUT2D eigenvalue weighted by Gasteiger charge is -2.03. The molecule has 4 rings (SSSR count). The van der Waals surface area contributed by atoms with Crippen LogP contribution in [0.3, 0.4) is 0 Å². The Balaban J connectivity index is 1.91. The molecule has 0 N–H and O–H groups in total. The predicted molar refractivity (Wildman–Crippen MR) is 90.8 cm³/mol. The maximum Gasteiger partial charge on any atom is 0.401 e. The molecule has 2 aromatic heterocycles. The van der Waals surface area contributed by atoms with Crippen molar-refractivity contribution < 1.29 is 8.98 Å². The second-order valence-corrected chi connectivity index (χ2v) is 5.67. The summed E-state index contributed by atoms with van der Waals surface area (Å²) in [5.41, 5.74) is 6.20. The van der Waals surface area contributed by atoms with E-state index in [1.54, 1.807) is 0 Å². The number of fused-ring (bicyclic) bond motifs is 1. The molecule has 0 saturated carbocycles. The molecule has 3 heteroatoms. The Hall–Kier alpha value is -2.94. The van der Waals surface area contributed by atoms with Crippen molar-refractivity contribution in [2.45, 2.75) is 6.92 Å². The topological polar surface area (TPSA) is 29.9 Å². The minimum atomic E-state index is 0.651. The summed E-state index contributed by atoms with van der Waals surface area (Å²) in [4.78, 5) is 4.61. The summed E-state index contributed by atoms with van der Waals surface area (Å²) < 4.78 is 8.11. The molecular formula is C20H17N2O+. The lowest BCUT2D eigenvalue weighted by atomic mass is 10.1. The van der Waals surface area contributed by atoms with Crippen LogP contribution < -0.4 is 4.57 Å². The molecule has 0 amide bonds. The molecule has 0 aliphatic rings. The number of hydrogen-bond acceptors (Lipinski definition) is 2. The third kappa shape index (κ3) is 2.30. The van der Waals surface area contributed by atoms with Crippen LogP contribution in [0.2, 0.25) is 0 Å². The number of hydrogen-bond donors (Lipinski definition) is 0. The summed E-state index contributed by atoms with van der Waals surface area (Å²) in [6.07, 6.45) is 0. The lowest BCUT2D eigenvalue weighted by molar-refractivity contribution is -0.640. The van der Waals surface area contributed by atoms with Crippen LogP contribution in [-0.4, -0.2) is 4.98 Å². The molecule has 2 heterocycles. The first-order chi connectivity index (χ1) is 11.2. The van der Waals surface area contributed by atoms with Gasteiger partial charge in [-0.1, -0.05) is 36.4 Å². The van der Waals surface area contributed by atoms with Gasteiger partial charge in [0.05, 0.1) is 0 Å². The van der Waals surface area contributed by atoms with Crippen LogP contribution in [-0.2, 0) is 7.05 Å². The minimum absolute atomic E-state index is 0.651. The molecule has 0 atom stereocenters. The second kappa shape index (κ2) is 5.36. The SMILES string of the molecule is Cc1ccccc1-c1ccc2nc(-c3ccccc3)oc2[n+]1C. The zero-order valence-electron chi connectivity index (χ0n) is 13.2. The molecule has 3 nitrogen and oxygen atoms in total. The fraction of sp³-hybridized carbons (Fsp3) is 0.100. The van der Waals surface area contributed by atoms with Crippen molar-refractivity contribution in [2.75, 3.05) is 0 Å². The standard InChI is InChI=1S/C20H17N2O/c1-14-8-6-7-11-16(14)18-13-12-17-20(22(18)2)23-19(21-17)15-9-4-3-5-10-15/h3-13H,1-2H3/q+1. The molecule has 0 saturated heterocycles. The third-order valence-electron chi connectivity index (χ3n) is 4.14. The van der Waals surface area contributed by atoms with Crippen LogP contribution in [0, 0.1) is 6.92 Å². The van der Waals surface area contributed by atoms with Gasteiger partial charge in [-0.15, -0.1) is 0 Å². The fourth-order valence-electron chi connectivity index (χ4n) is 2.89. The van der Waals surface area contributed by atoms with Crippen LogP contribution in [0.25, 0.3) is 33.9 Å². The maximum atomic E-state index is 6.04. The zero-order chi connectivity index (χ0) is 15.8. The second-order valence-electron chi connectivity index (χ2n) is 5.67. The van der Waals surface area contributed by atoms with Crippen molar-refractivity contribution in [3.8, 4) is 22.7 Å². The van der Waals surface area contributed by atoms with Crippen molar-refractivity contribution >= 4 is 11.2 Å². The van der Waals surface area contributed by atoms with Gasteiger partial charge in [-0.25, -0.2) is 4.98 Å². The van der Waals surface area contributed by atoms with E-state index in [9.17, 15) is 0 Å². The van der Waals surface area contributed by atoms with Crippen LogP contribution in [0.5, 0.6) is 0 Å². The molecule has 4 aromatic rings. The molecule has 23 heavy (non-hydrogen) atoms. The Morgan fingerprint density at radius 2 is 1.61 bits per heavy atom. The van der Waals surface area contributed by atoms with Gasteiger partial charge in [0.15, 0.2) is 5.52 Å². The minimum Gasteiger partial charge on any atom is -0.384 e. The summed E-state index contributed by atoms with van der Waals surface area (Å²) >= 11 is 0. The average Bonchev–Trinajstić information content (AvgIpc) is 3.02. The zero-order valence-corrected chi connectivity index (χ0v) is 13.2. The quantitative estimate of drug-likeness (QED) is 0.517. The third-order valence-corrected chi connectivity index (χ3v) is 4.14. The normalized spacial score (nSPS) is 11.0. The van der Waals surface area contributed by atoms with Gasteiger partial charge in [-0.3, -0.25) is 0 Å². The number of nitrogens with zero attached hydrogens (tertiary/aromatic N) is 2. The number of oxazole rings is 1. The molecule has 0 radical (unpaired) electrons. The smallest absolute Gasteiger partial charge is 0.384 e. The van der Waals surface area contributed by atoms with Crippen molar-refractivity contribution in [2.24, 2.45) is 7.05 Å². The van der Waals surface area contributed by atoms with Gasteiger partial charge < -0.3 is 4.42 Å². The van der Waals surface area contributed by atoms with Gasteiger partial charge in [0.1, 0.15) is 7.05 Å². The highest BCUT2D eigenvalue weighted by Gasteiger charge is 2.21. The molecule has 112 valence electrons. The van der Waals surface area contributed by atoms with E-state index in [1.807, 2.05) is 43.4 Å². The van der Waals surface area contributed by atoms with Gasteiger partial charge in [0.25, 0.3) is 0 Å². The van der Waals surface area contributed by atoms with Crippen molar-refractivity contribution in [3.63, 3.8) is 0 Å². The highest BCUT2D eigenvalue weighted by Crippen LogP contribution is 2.25. The first-order valence-electron chi connectivity index (χ1n) is 7.65. The summed E-state index contributed by atoms with van der Waals surface area (Å²) in [5, 5.41) is 0. The number of aryl methyl sites for hydroxylation is 2. The molecule has 0 spiro atoms. The monoisotopic (exact) mass is 301 g/mol. The van der Waals surface area contributed by atoms with E-state index in [0.29, 0.717) is 5.89 Å². The molecule has 0 fully saturated rings. The van der Waals surface area contributed by atoms with Crippen LogP contribution in [0.15, 0.2) is 71.1 Å². The van der Waals surface area contributed by atoms with E-state index >= 15 is 0 Å². The Morgan fingerprint density at radius 3 is 2.39 bits per heavy atom. The molecule has 2 aromatic carbocycles. The Kier molecular flexibility index (Phi) is 3.19. The predicted octanol–water partition coefficient (Wildman–Crippen LogP) is 4.29. The van der Waals surface area contributed by atoms with Crippen LogP contribution in [0.4, 0.5) is 0 Å². The van der Waals surface area contributed by atoms with E-state index in [1.165, 1.54) is 11.1 Å². The maximum absolute atomic E-state index is 6.04. The molecule has 0 aliphatic carbocycles. The van der Waals surface area contributed by atoms with Crippen molar-refractivity contribution in [3.05, 3.63) is 72.3 Å². The number of aromatic nitrogens is 2. The van der Waals surface area contributed by atoms with E-state index < -0.39 is 0 Å². The summed E-state index contributed by atoms with van der Waals surface area (Å²) in [6.45, 7) is 2.12. The van der Waals surface area contributed by atoms with Crippen LogP contribution >= 0.6 is 0 Å². The molecule has 0 aliphatic heterocycles. The largest absolute Gasteiger partial charge is 0.401 e. The van der Waals surface area contributed by atoms with E-state index in [-0.39, 0.29) is 0 Å². The Morgan fingerprint density at radius 1 is 0.870 bits per heavy atom. The average molecular weight is 301 g/mol. The van der Waals surface area contributed by atoms with Gasteiger partial charge in [-0.05, 0) is 36.8 Å². The summed E-state index contributed by atoms with van der Waals surface area (Å²) in [6, 6.07) is 22.5. The van der Waals surface area contributed by atoms with E-state index in [0.717, 1.165) is 22.5 Å². The van der Waals surface area contributed by atoms with Crippen LogP contribution in [0.1, 0.15) is 5.56 Å². The fourth-order valence-corrected chi connectivity index (χ4v) is 2.89. The number of pyridine rings is 1. The highest BCUT2D eigenvalue weighted by atomic mass is 16.4. The van der Waals surface area contributed by atoms with Gasteiger partial charge >= 0.3 is 5.71 Å². The number of benzene rings is 2. The van der Waals surface area contributed by atoms with Gasteiger partial charge in [0, 0.05) is 17.2 Å². The Bertz CT molecular complexity index is 987. The molecule has 0 unspecified atom stereocenters. The summed E-state index contributed by atoms with van der Waals surface area (Å²) in [5.74, 6) is 0.651. The molecule has 0 bridgehead atoms. The van der Waals surface area contributed by atoms with Gasteiger partial charge in [-0.2, -0.15) is 4.57 Å². The number of rotatable bonds is 2. The van der Waals surface area contributed by atoms with E-state index in [4.69, 9.17) is 4.42 Å². The summed E-state index contributed by atoms with van der Waals surface area (Å²) in [7, 11) is 2.02. The Labute approximate surface area is 134 Å². The van der Waals surface area contributed by atoms with Crippen molar-refractivity contribution in [1.29, 1.82) is 0 Å². The van der Waals surface area contributed by atoms with Crippen molar-refractivity contribution in [1.82, 2.24) is 4.98 Å². The first kappa shape index (κ1) is 13.7. The lowest BCUT2D eigenvalue weighted by Crippen LogP contribution is -2.31. The van der Waals surface area contributed by atoms with Gasteiger partial charge in [0.2, 0.25) is 11.6 Å². The van der Waals surface area contributed by atoms with E-state index in [2.05, 4.69) is 46.8 Å². The first-order valence-corrected chi connectivity index (χ1v) is 7.65. The molecular weight excluding hydrogens is 284 g/mol.